The summed E-state index contributed by atoms with van der Waals surface area (Å²) in [6, 6.07) is 18.6. The summed E-state index contributed by atoms with van der Waals surface area (Å²) in [7, 11) is 0. The minimum absolute atomic E-state index is 0.00940. The van der Waals surface area contributed by atoms with Gasteiger partial charge in [0.05, 0.1) is 0 Å². The van der Waals surface area contributed by atoms with Crippen LogP contribution in [0, 0.1) is 5.41 Å². The van der Waals surface area contributed by atoms with Crippen LogP contribution < -0.4 is 0 Å². The molecule has 0 bridgehead atoms. The zero-order valence-electron chi connectivity index (χ0n) is 13.3. The van der Waals surface area contributed by atoms with Gasteiger partial charge in [-0.15, -0.1) is 0 Å². The highest BCUT2D eigenvalue weighted by Crippen LogP contribution is 2.33. The highest BCUT2D eigenvalue weighted by atomic mass is 35.5. The minimum atomic E-state index is 0.00940. The van der Waals surface area contributed by atoms with Gasteiger partial charge in [-0.1, -0.05) is 61.0 Å². The molecule has 1 unspecified atom stereocenters. The van der Waals surface area contributed by atoms with Gasteiger partial charge in [-0.3, -0.25) is 0 Å². The number of hydrogen-bond acceptors (Lipinski definition) is 1. The molecule has 0 radical (unpaired) electrons. The van der Waals surface area contributed by atoms with E-state index in [-0.39, 0.29) is 12.0 Å². The molecule has 0 heterocycles. The second kappa shape index (κ2) is 8.36. The maximum atomic E-state index is 9.96. The normalized spacial score (nSPS) is 13.8. The Morgan fingerprint density at radius 2 is 1.41 bits per heavy atom. The number of hydrogen-bond donors (Lipinski definition) is 1. The van der Waals surface area contributed by atoms with Crippen molar-refractivity contribution in [3.63, 3.8) is 0 Å². The van der Waals surface area contributed by atoms with Gasteiger partial charge in [0.15, 0.2) is 0 Å². The van der Waals surface area contributed by atoms with Gasteiger partial charge in [-0.05, 0) is 60.8 Å². The molecule has 2 heteroatoms. The summed E-state index contributed by atoms with van der Waals surface area (Å²) in [4.78, 5) is 0. The average molecular weight is 317 g/mol. The van der Waals surface area contributed by atoms with Gasteiger partial charge in [-0.25, -0.2) is 0 Å². The van der Waals surface area contributed by atoms with Crippen molar-refractivity contribution in [3.05, 3.63) is 70.7 Å². The standard InChI is InChI=1S/C20H25ClO/c1-2-20(16-22,14-12-17-6-4-3-5-7-17)15-13-18-8-10-19(21)11-9-18/h3-11,22H,2,12-16H2,1H3. The maximum absolute atomic E-state index is 9.96. The van der Waals surface area contributed by atoms with Crippen LogP contribution in [0.4, 0.5) is 0 Å². The predicted molar refractivity (Wildman–Crippen MR) is 94.3 cm³/mol. The highest BCUT2D eigenvalue weighted by Gasteiger charge is 2.26. The summed E-state index contributed by atoms with van der Waals surface area (Å²) >= 11 is 5.93. The Balaban J connectivity index is 1.96. The fourth-order valence-electron chi connectivity index (χ4n) is 2.86. The van der Waals surface area contributed by atoms with Crippen molar-refractivity contribution in [2.75, 3.05) is 6.61 Å². The molecule has 0 saturated heterocycles. The molecule has 0 spiro atoms. The molecule has 2 aromatic carbocycles. The third-order valence-corrected chi connectivity index (χ3v) is 4.98. The van der Waals surface area contributed by atoms with E-state index in [0.29, 0.717) is 0 Å². The topological polar surface area (TPSA) is 20.2 Å². The fourth-order valence-corrected chi connectivity index (χ4v) is 2.99. The minimum Gasteiger partial charge on any atom is -0.396 e. The van der Waals surface area contributed by atoms with Crippen LogP contribution in [0.15, 0.2) is 54.6 Å². The first-order chi connectivity index (χ1) is 10.7. The van der Waals surface area contributed by atoms with E-state index in [0.717, 1.165) is 37.1 Å². The van der Waals surface area contributed by atoms with Crippen LogP contribution in [0.2, 0.25) is 5.02 Å². The van der Waals surface area contributed by atoms with Gasteiger partial charge in [0, 0.05) is 11.6 Å². The van der Waals surface area contributed by atoms with Gasteiger partial charge in [-0.2, -0.15) is 0 Å². The predicted octanol–water partition coefficient (Wildman–Crippen LogP) is 5.29. The van der Waals surface area contributed by atoms with Crippen LogP contribution in [0.25, 0.3) is 0 Å². The van der Waals surface area contributed by atoms with E-state index >= 15 is 0 Å². The lowest BCUT2D eigenvalue weighted by Gasteiger charge is -2.31. The second-order valence-electron chi connectivity index (χ2n) is 6.12. The molecule has 0 aliphatic carbocycles. The van der Waals surface area contributed by atoms with E-state index in [9.17, 15) is 5.11 Å². The third-order valence-electron chi connectivity index (χ3n) is 4.73. The summed E-state index contributed by atoms with van der Waals surface area (Å²) in [6.45, 7) is 2.44. The monoisotopic (exact) mass is 316 g/mol. The first kappa shape index (κ1) is 17.1. The first-order valence-corrected chi connectivity index (χ1v) is 8.44. The van der Waals surface area contributed by atoms with Crippen molar-refractivity contribution in [2.24, 2.45) is 5.41 Å². The zero-order valence-corrected chi connectivity index (χ0v) is 14.0. The SMILES string of the molecule is CCC(CO)(CCc1ccccc1)CCc1ccc(Cl)cc1. The van der Waals surface area contributed by atoms with Crippen molar-refractivity contribution in [2.45, 2.75) is 39.0 Å². The van der Waals surface area contributed by atoms with E-state index in [1.807, 2.05) is 18.2 Å². The van der Waals surface area contributed by atoms with Gasteiger partial charge in [0.2, 0.25) is 0 Å². The Morgan fingerprint density at radius 1 is 0.864 bits per heavy atom. The first-order valence-electron chi connectivity index (χ1n) is 8.07. The van der Waals surface area contributed by atoms with E-state index < -0.39 is 0 Å². The molecule has 0 aliphatic heterocycles. The van der Waals surface area contributed by atoms with E-state index in [1.165, 1.54) is 11.1 Å². The van der Waals surface area contributed by atoms with Crippen LogP contribution >= 0.6 is 11.6 Å². The van der Waals surface area contributed by atoms with Crippen molar-refractivity contribution in [1.29, 1.82) is 0 Å². The summed E-state index contributed by atoms with van der Waals surface area (Å²) in [6.07, 6.45) is 5.05. The lowest BCUT2D eigenvalue weighted by molar-refractivity contribution is 0.101. The number of halogens is 1. The molecule has 0 aliphatic rings. The Labute approximate surface area is 139 Å². The molecule has 1 N–H and O–H groups in total. The lowest BCUT2D eigenvalue weighted by Crippen LogP contribution is -2.26. The summed E-state index contributed by atoms with van der Waals surface area (Å²) in [5, 5.41) is 10.7. The van der Waals surface area contributed by atoms with Crippen LogP contribution in [-0.2, 0) is 12.8 Å². The van der Waals surface area contributed by atoms with E-state index in [4.69, 9.17) is 11.6 Å². The van der Waals surface area contributed by atoms with Gasteiger partial charge in [0.1, 0.15) is 0 Å². The van der Waals surface area contributed by atoms with Gasteiger partial charge in [0.25, 0.3) is 0 Å². The largest absolute Gasteiger partial charge is 0.396 e. The molecule has 118 valence electrons. The molecule has 2 rings (SSSR count). The van der Waals surface area contributed by atoms with Gasteiger partial charge >= 0.3 is 0 Å². The molecule has 0 amide bonds. The summed E-state index contributed by atoms with van der Waals surface area (Å²) < 4.78 is 0. The van der Waals surface area contributed by atoms with E-state index in [1.54, 1.807) is 0 Å². The average Bonchev–Trinajstić information content (AvgIpc) is 2.58. The second-order valence-corrected chi connectivity index (χ2v) is 6.56. The Hall–Kier alpha value is -1.31. The Morgan fingerprint density at radius 3 is 1.91 bits per heavy atom. The van der Waals surface area contributed by atoms with Crippen molar-refractivity contribution in [3.8, 4) is 0 Å². The lowest BCUT2D eigenvalue weighted by atomic mass is 9.76. The molecule has 22 heavy (non-hydrogen) atoms. The van der Waals surface area contributed by atoms with Crippen molar-refractivity contribution >= 4 is 11.6 Å². The molecule has 0 saturated carbocycles. The summed E-state index contributed by atoms with van der Waals surface area (Å²) in [5.41, 5.74) is 2.64. The maximum Gasteiger partial charge on any atom is 0.0487 e. The molecule has 1 atom stereocenters. The number of aryl methyl sites for hydroxylation is 2. The van der Waals surface area contributed by atoms with Crippen LogP contribution in [0.3, 0.4) is 0 Å². The van der Waals surface area contributed by atoms with Crippen LogP contribution in [0.1, 0.15) is 37.3 Å². The quantitative estimate of drug-likeness (QED) is 0.701. The molecule has 2 aromatic rings. The number of aliphatic hydroxyl groups is 1. The molecule has 0 fully saturated rings. The zero-order chi connectivity index (χ0) is 15.8. The summed E-state index contributed by atoms with van der Waals surface area (Å²) in [5.74, 6) is 0. The number of rotatable bonds is 8. The molecular weight excluding hydrogens is 292 g/mol. The Kier molecular flexibility index (Phi) is 6.48. The Bertz CT molecular complexity index is 544. The number of benzene rings is 2. The fraction of sp³-hybridized carbons (Fsp3) is 0.400. The molecular formula is C20H25ClO. The van der Waals surface area contributed by atoms with Gasteiger partial charge < -0.3 is 5.11 Å². The van der Waals surface area contributed by atoms with Crippen molar-refractivity contribution < 1.29 is 5.11 Å². The third kappa shape index (κ3) is 4.86. The molecule has 0 aromatic heterocycles. The van der Waals surface area contributed by atoms with Crippen LogP contribution in [-0.4, -0.2) is 11.7 Å². The smallest absolute Gasteiger partial charge is 0.0487 e. The highest BCUT2D eigenvalue weighted by molar-refractivity contribution is 6.30. The molecule has 1 nitrogen and oxygen atoms in total. The van der Waals surface area contributed by atoms with E-state index in [2.05, 4.69) is 43.3 Å². The number of aliphatic hydroxyl groups excluding tert-OH is 1. The van der Waals surface area contributed by atoms with Crippen LogP contribution in [0.5, 0.6) is 0 Å². The van der Waals surface area contributed by atoms with Crippen molar-refractivity contribution in [1.82, 2.24) is 0 Å².